The van der Waals surface area contributed by atoms with Crippen molar-refractivity contribution >= 4 is 0 Å². The highest BCUT2D eigenvalue weighted by molar-refractivity contribution is 4.91. The van der Waals surface area contributed by atoms with E-state index in [1.54, 1.807) is 0 Å². The van der Waals surface area contributed by atoms with Gasteiger partial charge in [-0.25, -0.2) is 0 Å². The standard InChI is InChI=1S/C14H27NO/c1-3-5-13-9-15(10-13)11-14(16)7-4-6-12(2)8-14/h12-13,16H,3-11H2,1-2H3. The van der Waals surface area contributed by atoms with E-state index >= 15 is 0 Å². The normalized spacial score (nSPS) is 37.3. The number of aliphatic hydroxyl groups is 1. The molecule has 1 saturated carbocycles. The van der Waals surface area contributed by atoms with E-state index in [0.717, 1.165) is 25.3 Å². The fourth-order valence-corrected chi connectivity index (χ4v) is 3.59. The molecule has 2 nitrogen and oxygen atoms in total. The first-order valence-electron chi connectivity index (χ1n) is 7.06. The van der Waals surface area contributed by atoms with Crippen LogP contribution in [0.3, 0.4) is 0 Å². The molecule has 16 heavy (non-hydrogen) atoms. The fourth-order valence-electron chi connectivity index (χ4n) is 3.59. The van der Waals surface area contributed by atoms with E-state index in [1.807, 2.05) is 0 Å². The largest absolute Gasteiger partial charge is 0.389 e. The molecule has 1 saturated heterocycles. The van der Waals surface area contributed by atoms with Gasteiger partial charge in [0.2, 0.25) is 0 Å². The van der Waals surface area contributed by atoms with E-state index in [9.17, 15) is 5.11 Å². The first-order valence-corrected chi connectivity index (χ1v) is 7.06. The van der Waals surface area contributed by atoms with Crippen LogP contribution in [-0.4, -0.2) is 35.2 Å². The Labute approximate surface area is 100 Å². The molecule has 2 heteroatoms. The molecule has 1 N–H and O–H groups in total. The summed E-state index contributed by atoms with van der Waals surface area (Å²) >= 11 is 0. The third-order valence-electron chi connectivity index (χ3n) is 4.32. The Morgan fingerprint density at radius 2 is 2.12 bits per heavy atom. The van der Waals surface area contributed by atoms with E-state index in [1.165, 1.54) is 38.8 Å². The molecule has 1 heterocycles. The van der Waals surface area contributed by atoms with E-state index in [4.69, 9.17) is 0 Å². The molecule has 0 radical (unpaired) electrons. The Kier molecular flexibility index (Phi) is 3.91. The fraction of sp³-hybridized carbons (Fsp3) is 1.00. The lowest BCUT2D eigenvalue weighted by Crippen LogP contribution is -2.54. The molecule has 94 valence electrons. The minimum Gasteiger partial charge on any atom is -0.389 e. The third-order valence-corrected chi connectivity index (χ3v) is 4.32. The van der Waals surface area contributed by atoms with Crippen LogP contribution in [0.2, 0.25) is 0 Å². The highest BCUT2D eigenvalue weighted by Gasteiger charge is 2.37. The van der Waals surface area contributed by atoms with Gasteiger partial charge in [-0.05, 0) is 31.1 Å². The Morgan fingerprint density at radius 3 is 2.75 bits per heavy atom. The predicted molar refractivity (Wildman–Crippen MR) is 67.4 cm³/mol. The van der Waals surface area contributed by atoms with Crippen molar-refractivity contribution in [2.45, 2.75) is 58.0 Å². The van der Waals surface area contributed by atoms with Crippen LogP contribution < -0.4 is 0 Å². The van der Waals surface area contributed by atoms with Gasteiger partial charge in [0.25, 0.3) is 0 Å². The van der Waals surface area contributed by atoms with Crippen LogP contribution in [0.5, 0.6) is 0 Å². The summed E-state index contributed by atoms with van der Waals surface area (Å²) in [5.74, 6) is 1.63. The molecular weight excluding hydrogens is 198 g/mol. The molecular formula is C14H27NO. The zero-order valence-electron chi connectivity index (χ0n) is 10.9. The summed E-state index contributed by atoms with van der Waals surface area (Å²) in [7, 11) is 0. The van der Waals surface area contributed by atoms with Crippen molar-refractivity contribution in [3.63, 3.8) is 0 Å². The summed E-state index contributed by atoms with van der Waals surface area (Å²) < 4.78 is 0. The second kappa shape index (κ2) is 5.05. The van der Waals surface area contributed by atoms with Crippen LogP contribution in [0, 0.1) is 11.8 Å². The lowest BCUT2D eigenvalue weighted by molar-refractivity contribution is -0.0644. The van der Waals surface area contributed by atoms with Gasteiger partial charge < -0.3 is 5.11 Å². The summed E-state index contributed by atoms with van der Waals surface area (Å²) in [6.07, 6.45) is 7.23. The second-order valence-electron chi connectivity index (χ2n) is 6.27. The van der Waals surface area contributed by atoms with Gasteiger partial charge in [0.05, 0.1) is 5.60 Å². The number of likely N-dealkylation sites (tertiary alicyclic amines) is 1. The minimum absolute atomic E-state index is 0.366. The number of nitrogens with zero attached hydrogens (tertiary/aromatic N) is 1. The first-order chi connectivity index (χ1) is 7.61. The van der Waals surface area contributed by atoms with Gasteiger partial charge in [0, 0.05) is 19.6 Å². The van der Waals surface area contributed by atoms with Crippen molar-refractivity contribution in [3.05, 3.63) is 0 Å². The second-order valence-corrected chi connectivity index (χ2v) is 6.27. The van der Waals surface area contributed by atoms with Gasteiger partial charge in [0.15, 0.2) is 0 Å². The van der Waals surface area contributed by atoms with Gasteiger partial charge in [-0.15, -0.1) is 0 Å². The van der Waals surface area contributed by atoms with Crippen LogP contribution in [0.15, 0.2) is 0 Å². The van der Waals surface area contributed by atoms with Crippen molar-refractivity contribution in [2.24, 2.45) is 11.8 Å². The van der Waals surface area contributed by atoms with Gasteiger partial charge in [0.1, 0.15) is 0 Å². The molecule has 0 aromatic rings. The summed E-state index contributed by atoms with van der Waals surface area (Å²) in [5.41, 5.74) is -0.366. The molecule has 0 bridgehead atoms. The van der Waals surface area contributed by atoms with Gasteiger partial charge in [-0.1, -0.05) is 33.1 Å². The Hall–Kier alpha value is -0.0800. The predicted octanol–water partition coefficient (Wildman–Crippen LogP) is 2.66. The Morgan fingerprint density at radius 1 is 1.38 bits per heavy atom. The molecule has 0 spiro atoms. The van der Waals surface area contributed by atoms with E-state index < -0.39 is 0 Å². The molecule has 1 aliphatic heterocycles. The molecule has 2 fully saturated rings. The lowest BCUT2D eigenvalue weighted by Gasteiger charge is -2.46. The van der Waals surface area contributed by atoms with Crippen LogP contribution in [0.25, 0.3) is 0 Å². The number of β-amino-alcohol motifs (C(OH)–C–C–N with tert-alkyl or cyclic N) is 1. The molecule has 1 aliphatic carbocycles. The van der Waals surface area contributed by atoms with Crippen LogP contribution in [-0.2, 0) is 0 Å². The summed E-state index contributed by atoms with van der Waals surface area (Å²) in [6.45, 7) is 7.92. The van der Waals surface area contributed by atoms with Crippen molar-refractivity contribution in [2.75, 3.05) is 19.6 Å². The van der Waals surface area contributed by atoms with Crippen LogP contribution >= 0.6 is 0 Å². The molecule has 0 aromatic carbocycles. The SMILES string of the molecule is CCCC1CN(CC2(O)CCCC(C)C2)C1. The zero-order valence-corrected chi connectivity index (χ0v) is 10.9. The molecule has 2 rings (SSSR count). The molecule has 2 atom stereocenters. The third kappa shape index (κ3) is 2.98. The zero-order chi connectivity index (χ0) is 11.6. The highest BCUT2D eigenvalue weighted by atomic mass is 16.3. The van der Waals surface area contributed by atoms with E-state index in [0.29, 0.717) is 5.92 Å². The van der Waals surface area contributed by atoms with E-state index in [2.05, 4.69) is 18.7 Å². The molecule has 0 amide bonds. The first kappa shape index (κ1) is 12.4. The van der Waals surface area contributed by atoms with Crippen molar-refractivity contribution in [1.82, 2.24) is 4.90 Å². The lowest BCUT2D eigenvalue weighted by atomic mass is 9.78. The summed E-state index contributed by atoms with van der Waals surface area (Å²) in [5, 5.41) is 10.6. The molecule has 0 aromatic heterocycles. The average molecular weight is 225 g/mol. The summed E-state index contributed by atoms with van der Waals surface area (Å²) in [4.78, 5) is 2.46. The monoisotopic (exact) mass is 225 g/mol. The van der Waals surface area contributed by atoms with Crippen LogP contribution in [0.4, 0.5) is 0 Å². The molecule has 2 aliphatic rings. The van der Waals surface area contributed by atoms with Gasteiger partial charge >= 0.3 is 0 Å². The maximum Gasteiger partial charge on any atom is 0.0776 e. The summed E-state index contributed by atoms with van der Waals surface area (Å²) in [6, 6.07) is 0. The topological polar surface area (TPSA) is 23.5 Å². The molecule has 2 unspecified atom stereocenters. The number of hydrogen-bond donors (Lipinski definition) is 1. The smallest absolute Gasteiger partial charge is 0.0776 e. The highest BCUT2D eigenvalue weighted by Crippen LogP contribution is 2.34. The Balaban J connectivity index is 1.73. The van der Waals surface area contributed by atoms with Gasteiger partial charge in [-0.3, -0.25) is 4.90 Å². The van der Waals surface area contributed by atoms with Crippen molar-refractivity contribution in [1.29, 1.82) is 0 Å². The van der Waals surface area contributed by atoms with Crippen LogP contribution in [0.1, 0.15) is 52.4 Å². The minimum atomic E-state index is -0.366. The maximum absolute atomic E-state index is 10.6. The average Bonchev–Trinajstić information content (AvgIpc) is 2.14. The Bertz CT molecular complexity index is 225. The van der Waals surface area contributed by atoms with E-state index in [-0.39, 0.29) is 5.60 Å². The van der Waals surface area contributed by atoms with Crippen molar-refractivity contribution < 1.29 is 5.11 Å². The maximum atomic E-state index is 10.6. The number of rotatable bonds is 4. The van der Waals surface area contributed by atoms with Gasteiger partial charge in [-0.2, -0.15) is 0 Å². The van der Waals surface area contributed by atoms with Crippen molar-refractivity contribution in [3.8, 4) is 0 Å². The number of hydrogen-bond acceptors (Lipinski definition) is 2. The quantitative estimate of drug-likeness (QED) is 0.795.